The molecule has 1 heterocycles. The molecule has 1 amide bonds. The quantitative estimate of drug-likeness (QED) is 0.762. The maximum absolute atomic E-state index is 11.8. The highest BCUT2D eigenvalue weighted by molar-refractivity contribution is 5.76. The van der Waals surface area contributed by atoms with E-state index >= 15 is 0 Å². The molecule has 1 unspecified atom stereocenters. The number of rotatable bonds is 6. The first-order chi connectivity index (χ1) is 8.09. The average Bonchev–Trinajstić information content (AvgIpc) is 2.29. The molecule has 1 rings (SSSR count). The zero-order valence-corrected chi connectivity index (χ0v) is 11.4. The molecule has 0 bridgehead atoms. The van der Waals surface area contributed by atoms with Crippen LogP contribution in [0.4, 0.5) is 0 Å². The van der Waals surface area contributed by atoms with E-state index in [9.17, 15) is 4.79 Å². The summed E-state index contributed by atoms with van der Waals surface area (Å²) in [7, 11) is 0. The zero-order valence-electron chi connectivity index (χ0n) is 11.4. The van der Waals surface area contributed by atoms with Gasteiger partial charge in [-0.1, -0.05) is 13.8 Å². The molecule has 0 aliphatic carbocycles. The number of carbonyl (C=O) groups is 1. The minimum absolute atomic E-state index is 0.225. The Hall–Kier alpha value is -0.610. The van der Waals surface area contributed by atoms with Crippen LogP contribution < -0.4 is 5.32 Å². The van der Waals surface area contributed by atoms with Crippen molar-refractivity contribution >= 4 is 5.91 Å². The molecule has 4 heteroatoms. The molecule has 1 fully saturated rings. The summed E-state index contributed by atoms with van der Waals surface area (Å²) in [6.07, 6.45) is 1.83. The first-order valence-electron chi connectivity index (χ1n) is 6.69. The van der Waals surface area contributed by atoms with Crippen LogP contribution in [0.1, 0.15) is 33.6 Å². The van der Waals surface area contributed by atoms with E-state index in [1.54, 1.807) is 0 Å². The Balaban J connectivity index is 2.10. The van der Waals surface area contributed by atoms with Crippen molar-refractivity contribution in [2.75, 3.05) is 32.8 Å². The lowest BCUT2D eigenvalue weighted by atomic mass is 10.1. The molecular weight excluding hydrogens is 216 g/mol. The van der Waals surface area contributed by atoms with Crippen molar-refractivity contribution in [3.05, 3.63) is 0 Å². The number of amides is 1. The van der Waals surface area contributed by atoms with Crippen molar-refractivity contribution < 1.29 is 9.53 Å². The van der Waals surface area contributed by atoms with E-state index in [1.165, 1.54) is 0 Å². The normalized spacial score (nSPS) is 18.5. The molecule has 1 aliphatic rings. The molecule has 100 valence electrons. The lowest BCUT2D eigenvalue weighted by Gasteiger charge is -2.27. The van der Waals surface area contributed by atoms with Gasteiger partial charge < -0.3 is 15.0 Å². The smallest absolute Gasteiger partial charge is 0.224 e. The number of nitrogens with one attached hydrogen (secondary N) is 1. The molecule has 0 saturated carbocycles. The van der Waals surface area contributed by atoms with Crippen LogP contribution >= 0.6 is 0 Å². The lowest BCUT2D eigenvalue weighted by Crippen LogP contribution is -2.46. The van der Waals surface area contributed by atoms with Gasteiger partial charge >= 0.3 is 0 Å². The van der Waals surface area contributed by atoms with Crippen LogP contribution in [0.25, 0.3) is 0 Å². The van der Waals surface area contributed by atoms with Crippen LogP contribution in [0.15, 0.2) is 0 Å². The summed E-state index contributed by atoms with van der Waals surface area (Å²) in [5.41, 5.74) is 0. The average molecular weight is 242 g/mol. The van der Waals surface area contributed by atoms with Crippen molar-refractivity contribution in [2.24, 2.45) is 5.92 Å². The summed E-state index contributed by atoms with van der Waals surface area (Å²) in [5.74, 6) is 0.872. The van der Waals surface area contributed by atoms with Gasteiger partial charge in [0, 0.05) is 26.2 Å². The van der Waals surface area contributed by atoms with Crippen LogP contribution in [0.3, 0.4) is 0 Å². The highest BCUT2D eigenvalue weighted by Gasteiger charge is 2.16. The summed E-state index contributed by atoms with van der Waals surface area (Å²) < 4.78 is 5.65. The highest BCUT2D eigenvalue weighted by atomic mass is 16.5. The molecular formula is C13H26N2O2. The van der Waals surface area contributed by atoms with Gasteiger partial charge in [0.05, 0.1) is 19.1 Å². The standard InChI is InChI=1S/C13H26N2O2/c1-11(2)10-12(3)17-9-4-13(16)15-7-5-14-6-8-15/h11-12,14H,4-10H2,1-3H3. The van der Waals surface area contributed by atoms with Gasteiger partial charge in [-0.05, 0) is 19.3 Å². The Morgan fingerprint density at radius 1 is 1.29 bits per heavy atom. The molecule has 0 aromatic heterocycles. The van der Waals surface area contributed by atoms with Crippen LogP contribution in [-0.4, -0.2) is 49.7 Å². The Morgan fingerprint density at radius 3 is 2.53 bits per heavy atom. The Labute approximate surface area is 105 Å². The van der Waals surface area contributed by atoms with Crippen molar-refractivity contribution in [1.82, 2.24) is 10.2 Å². The molecule has 17 heavy (non-hydrogen) atoms. The van der Waals surface area contributed by atoms with E-state index in [0.29, 0.717) is 18.9 Å². The van der Waals surface area contributed by atoms with E-state index < -0.39 is 0 Å². The summed E-state index contributed by atoms with van der Waals surface area (Å²) in [6, 6.07) is 0. The maximum Gasteiger partial charge on any atom is 0.224 e. The maximum atomic E-state index is 11.8. The summed E-state index contributed by atoms with van der Waals surface area (Å²) in [6.45, 7) is 10.5. The zero-order chi connectivity index (χ0) is 12.7. The fourth-order valence-electron chi connectivity index (χ4n) is 2.15. The fraction of sp³-hybridized carbons (Fsp3) is 0.923. The largest absolute Gasteiger partial charge is 0.378 e. The summed E-state index contributed by atoms with van der Waals surface area (Å²) in [5, 5.41) is 3.24. The fourth-order valence-corrected chi connectivity index (χ4v) is 2.15. The molecule has 0 radical (unpaired) electrons. The van der Waals surface area contributed by atoms with Gasteiger partial charge in [0.2, 0.25) is 5.91 Å². The van der Waals surface area contributed by atoms with Gasteiger partial charge in [-0.3, -0.25) is 4.79 Å². The van der Waals surface area contributed by atoms with Crippen LogP contribution in [-0.2, 0) is 9.53 Å². The highest BCUT2D eigenvalue weighted by Crippen LogP contribution is 2.08. The van der Waals surface area contributed by atoms with E-state index in [-0.39, 0.29) is 12.0 Å². The van der Waals surface area contributed by atoms with Gasteiger partial charge in [0.25, 0.3) is 0 Å². The van der Waals surface area contributed by atoms with Crippen molar-refractivity contribution in [3.63, 3.8) is 0 Å². The second-order valence-corrected chi connectivity index (χ2v) is 5.19. The van der Waals surface area contributed by atoms with E-state index in [0.717, 1.165) is 32.6 Å². The van der Waals surface area contributed by atoms with Crippen molar-refractivity contribution in [3.8, 4) is 0 Å². The lowest BCUT2D eigenvalue weighted by molar-refractivity contribution is -0.133. The van der Waals surface area contributed by atoms with E-state index in [4.69, 9.17) is 4.74 Å². The number of hydrogen-bond donors (Lipinski definition) is 1. The first kappa shape index (κ1) is 14.5. The number of ether oxygens (including phenoxy) is 1. The van der Waals surface area contributed by atoms with Gasteiger partial charge in [0.15, 0.2) is 0 Å². The predicted molar refractivity (Wildman–Crippen MR) is 68.9 cm³/mol. The molecule has 0 spiro atoms. The first-order valence-corrected chi connectivity index (χ1v) is 6.69. The number of carbonyl (C=O) groups excluding carboxylic acids is 1. The summed E-state index contributed by atoms with van der Waals surface area (Å²) >= 11 is 0. The van der Waals surface area contributed by atoms with Crippen LogP contribution in [0, 0.1) is 5.92 Å². The Bertz CT molecular complexity index is 225. The van der Waals surface area contributed by atoms with Gasteiger partial charge in [0.1, 0.15) is 0 Å². The second kappa shape index (κ2) is 7.67. The van der Waals surface area contributed by atoms with Crippen molar-refractivity contribution in [1.29, 1.82) is 0 Å². The molecule has 0 aromatic rings. The Kier molecular flexibility index (Phi) is 6.52. The Morgan fingerprint density at radius 2 is 1.94 bits per heavy atom. The molecule has 1 atom stereocenters. The molecule has 0 aromatic carbocycles. The van der Waals surface area contributed by atoms with E-state index in [1.807, 2.05) is 4.90 Å². The molecule has 1 saturated heterocycles. The van der Waals surface area contributed by atoms with Gasteiger partial charge in [-0.25, -0.2) is 0 Å². The van der Waals surface area contributed by atoms with Crippen LogP contribution in [0.5, 0.6) is 0 Å². The number of piperazine rings is 1. The summed E-state index contributed by atoms with van der Waals surface area (Å²) in [4.78, 5) is 13.7. The van der Waals surface area contributed by atoms with Gasteiger partial charge in [-0.15, -0.1) is 0 Å². The molecule has 1 aliphatic heterocycles. The van der Waals surface area contributed by atoms with Crippen LogP contribution in [0.2, 0.25) is 0 Å². The number of nitrogens with zero attached hydrogens (tertiary/aromatic N) is 1. The monoisotopic (exact) mass is 242 g/mol. The minimum atomic E-state index is 0.225. The minimum Gasteiger partial charge on any atom is -0.378 e. The third-order valence-electron chi connectivity index (χ3n) is 2.99. The topological polar surface area (TPSA) is 41.6 Å². The second-order valence-electron chi connectivity index (χ2n) is 5.19. The third-order valence-corrected chi connectivity index (χ3v) is 2.99. The molecule has 1 N–H and O–H groups in total. The molecule has 4 nitrogen and oxygen atoms in total. The number of hydrogen-bond acceptors (Lipinski definition) is 3. The van der Waals surface area contributed by atoms with Crippen molar-refractivity contribution in [2.45, 2.75) is 39.7 Å². The predicted octanol–water partition coefficient (Wildman–Crippen LogP) is 1.26. The van der Waals surface area contributed by atoms with E-state index in [2.05, 4.69) is 26.1 Å². The third kappa shape index (κ3) is 6.03. The SMILES string of the molecule is CC(C)CC(C)OCCC(=O)N1CCNCC1. The van der Waals surface area contributed by atoms with Gasteiger partial charge in [-0.2, -0.15) is 0 Å².